The molecule has 2 amide bonds. The van der Waals surface area contributed by atoms with Crippen LogP contribution in [0, 0.1) is 19.7 Å². The lowest BCUT2D eigenvalue weighted by Crippen LogP contribution is -2.51. The number of amides is 2. The Kier molecular flexibility index (Phi) is 9.04. The van der Waals surface area contributed by atoms with Gasteiger partial charge in [-0.15, -0.1) is 0 Å². The molecule has 37 heavy (non-hydrogen) atoms. The number of sulfonamides is 1. The highest BCUT2D eigenvalue weighted by molar-refractivity contribution is 7.92. The molecule has 196 valence electrons. The van der Waals surface area contributed by atoms with Crippen molar-refractivity contribution >= 4 is 27.5 Å². The first kappa shape index (κ1) is 27.9. The Morgan fingerprint density at radius 2 is 1.59 bits per heavy atom. The summed E-state index contributed by atoms with van der Waals surface area (Å²) in [5.41, 5.74) is 2.67. The van der Waals surface area contributed by atoms with Gasteiger partial charge in [0.25, 0.3) is 10.0 Å². The van der Waals surface area contributed by atoms with Gasteiger partial charge in [-0.2, -0.15) is 0 Å². The van der Waals surface area contributed by atoms with Crippen molar-refractivity contribution in [3.63, 3.8) is 0 Å². The Morgan fingerprint density at radius 1 is 0.946 bits per heavy atom. The van der Waals surface area contributed by atoms with Gasteiger partial charge >= 0.3 is 0 Å². The quantitative estimate of drug-likeness (QED) is 0.430. The van der Waals surface area contributed by atoms with Crippen molar-refractivity contribution in [3.05, 3.63) is 95.3 Å². The lowest BCUT2D eigenvalue weighted by atomic mass is 10.1. The Labute approximate surface area is 218 Å². The average Bonchev–Trinajstić information content (AvgIpc) is 2.86. The zero-order chi connectivity index (χ0) is 27.2. The van der Waals surface area contributed by atoms with Gasteiger partial charge in [-0.3, -0.25) is 13.9 Å². The molecule has 9 heteroatoms. The fourth-order valence-electron chi connectivity index (χ4n) is 3.84. The van der Waals surface area contributed by atoms with Crippen LogP contribution in [0.15, 0.2) is 77.7 Å². The summed E-state index contributed by atoms with van der Waals surface area (Å²) in [5, 5.41) is 2.70. The Bertz CT molecular complexity index is 1340. The normalized spacial score (nSPS) is 12.0. The Balaban J connectivity index is 2.02. The number of anilines is 1. The molecular weight excluding hydrogens is 493 g/mol. The van der Waals surface area contributed by atoms with Crippen molar-refractivity contribution in [1.29, 1.82) is 0 Å². The minimum absolute atomic E-state index is 0.00362. The molecule has 0 spiro atoms. The highest BCUT2D eigenvalue weighted by atomic mass is 32.2. The number of benzene rings is 3. The van der Waals surface area contributed by atoms with Crippen molar-refractivity contribution < 1.29 is 22.4 Å². The van der Waals surface area contributed by atoms with Gasteiger partial charge in [-0.05, 0) is 75.2 Å². The Hall–Kier alpha value is -3.72. The van der Waals surface area contributed by atoms with Crippen LogP contribution in [-0.2, 0) is 26.2 Å². The largest absolute Gasteiger partial charge is 0.355 e. The molecule has 1 N–H and O–H groups in total. The topological polar surface area (TPSA) is 86.8 Å². The summed E-state index contributed by atoms with van der Waals surface area (Å²) in [6.45, 7) is 6.89. The fourth-order valence-corrected chi connectivity index (χ4v) is 5.25. The zero-order valence-electron chi connectivity index (χ0n) is 21.4. The smallest absolute Gasteiger partial charge is 0.264 e. The minimum atomic E-state index is -4.12. The van der Waals surface area contributed by atoms with Crippen LogP contribution in [0.3, 0.4) is 0 Å². The van der Waals surface area contributed by atoms with Crippen LogP contribution in [0.1, 0.15) is 30.5 Å². The van der Waals surface area contributed by atoms with Gasteiger partial charge < -0.3 is 10.2 Å². The third-order valence-electron chi connectivity index (χ3n) is 5.96. The highest BCUT2D eigenvalue weighted by Gasteiger charge is 2.32. The second kappa shape index (κ2) is 12.0. The van der Waals surface area contributed by atoms with E-state index in [2.05, 4.69) is 5.32 Å². The lowest BCUT2D eigenvalue weighted by Gasteiger charge is -2.32. The van der Waals surface area contributed by atoms with Gasteiger partial charge in [0, 0.05) is 13.1 Å². The molecular formula is C28H32FN3O4S. The van der Waals surface area contributed by atoms with Crippen molar-refractivity contribution in [3.8, 4) is 0 Å². The van der Waals surface area contributed by atoms with E-state index in [9.17, 15) is 22.4 Å². The highest BCUT2D eigenvalue weighted by Crippen LogP contribution is 2.25. The molecule has 0 aromatic heterocycles. The minimum Gasteiger partial charge on any atom is -0.355 e. The molecule has 0 heterocycles. The lowest BCUT2D eigenvalue weighted by molar-refractivity contribution is -0.139. The van der Waals surface area contributed by atoms with Gasteiger partial charge in [0.2, 0.25) is 11.8 Å². The van der Waals surface area contributed by atoms with E-state index in [0.29, 0.717) is 17.8 Å². The maximum absolute atomic E-state index is 13.7. The molecule has 0 bridgehead atoms. The maximum Gasteiger partial charge on any atom is 0.264 e. The first-order valence-corrected chi connectivity index (χ1v) is 13.4. The molecule has 3 aromatic carbocycles. The van der Waals surface area contributed by atoms with E-state index < -0.39 is 34.3 Å². The maximum atomic E-state index is 13.7. The van der Waals surface area contributed by atoms with E-state index in [-0.39, 0.29) is 17.3 Å². The van der Waals surface area contributed by atoms with Crippen molar-refractivity contribution in [2.24, 2.45) is 0 Å². The molecule has 0 aliphatic heterocycles. The number of carbonyl (C=O) groups is 2. The van der Waals surface area contributed by atoms with E-state index in [0.717, 1.165) is 15.4 Å². The van der Waals surface area contributed by atoms with E-state index in [1.165, 1.54) is 41.3 Å². The van der Waals surface area contributed by atoms with Crippen LogP contribution in [0.4, 0.5) is 10.1 Å². The first-order valence-electron chi connectivity index (χ1n) is 12.0. The standard InChI is InChI=1S/C28H32FN3O4S/c1-5-30-28(34)22(4)31(18-23-11-13-24(29)14-12-23)27(33)19-32(25-8-6-7-21(3)17-25)37(35,36)26-15-9-20(2)10-16-26/h6-17,22H,5,18-19H2,1-4H3,(H,30,34)/t22-/m1/s1. The first-order chi connectivity index (χ1) is 17.5. The van der Waals surface area contributed by atoms with Crippen LogP contribution in [0.5, 0.6) is 0 Å². The number of nitrogens with one attached hydrogen (secondary N) is 1. The second-order valence-corrected chi connectivity index (χ2v) is 10.7. The van der Waals surface area contributed by atoms with E-state index in [1.807, 2.05) is 19.9 Å². The zero-order valence-corrected chi connectivity index (χ0v) is 22.3. The van der Waals surface area contributed by atoms with Gasteiger partial charge in [0.1, 0.15) is 18.4 Å². The molecule has 1 atom stereocenters. The fraction of sp³-hybridized carbons (Fsp3) is 0.286. The summed E-state index contributed by atoms with van der Waals surface area (Å²) in [6.07, 6.45) is 0. The number of aryl methyl sites for hydroxylation is 2. The number of rotatable bonds is 10. The summed E-state index contributed by atoms with van der Waals surface area (Å²) in [4.78, 5) is 27.8. The molecule has 3 rings (SSSR count). The van der Waals surface area contributed by atoms with E-state index >= 15 is 0 Å². The van der Waals surface area contributed by atoms with Gasteiger partial charge in [0.15, 0.2) is 0 Å². The molecule has 0 unspecified atom stereocenters. The van der Waals surface area contributed by atoms with Crippen LogP contribution < -0.4 is 9.62 Å². The van der Waals surface area contributed by atoms with Crippen LogP contribution >= 0.6 is 0 Å². The number of carbonyl (C=O) groups excluding carboxylic acids is 2. The average molecular weight is 526 g/mol. The molecule has 0 saturated heterocycles. The van der Waals surface area contributed by atoms with Crippen LogP contribution in [0.25, 0.3) is 0 Å². The summed E-state index contributed by atoms with van der Waals surface area (Å²) in [5.74, 6) is -1.37. The Morgan fingerprint density at radius 3 is 2.19 bits per heavy atom. The van der Waals surface area contributed by atoms with Gasteiger partial charge in [0.05, 0.1) is 10.6 Å². The van der Waals surface area contributed by atoms with Gasteiger partial charge in [-0.1, -0.05) is 42.0 Å². The summed E-state index contributed by atoms with van der Waals surface area (Å²) in [6, 6.07) is 18.0. The third-order valence-corrected chi connectivity index (χ3v) is 7.75. The summed E-state index contributed by atoms with van der Waals surface area (Å²) in [7, 11) is -4.12. The molecule has 3 aromatic rings. The van der Waals surface area contributed by atoms with E-state index in [4.69, 9.17) is 0 Å². The number of hydrogen-bond acceptors (Lipinski definition) is 4. The predicted molar refractivity (Wildman–Crippen MR) is 142 cm³/mol. The second-order valence-electron chi connectivity index (χ2n) is 8.88. The molecule has 0 saturated carbocycles. The van der Waals surface area contributed by atoms with Crippen LogP contribution in [0.2, 0.25) is 0 Å². The summed E-state index contributed by atoms with van der Waals surface area (Å²) >= 11 is 0. The summed E-state index contributed by atoms with van der Waals surface area (Å²) < 4.78 is 42.0. The number of likely N-dealkylation sites (N-methyl/N-ethyl adjacent to an activating group) is 1. The molecule has 0 aliphatic rings. The van der Waals surface area contributed by atoms with E-state index in [1.54, 1.807) is 44.2 Å². The monoisotopic (exact) mass is 525 g/mol. The number of halogens is 1. The van der Waals surface area contributed by atoms with Crippen molar-refractivity contribution in [1.82, 2.24) is 10.2 Å². The van der Waals surface area contributed by atoms with Crippen molar-refractivity contribution in [2.75, 3.05) is 17.4 Å². The van der Waals surface area contributed by atoms with Crippen LogP contribution in [-0.4, -0.2) is 44.3 Å². The molecule has 0 radical (unpaired) electrons. The molecule has 0 fully saturated rings. The molecule has 0 aliphatic carbocycles. The predicted octanol–water partition coefficient (Wildman–Crippen LogP) is 4.19. The molecule has 7 nitrogen and oxygen atoms in total. The number of nitrogens with zero attached hydrogens (tertiary/aromatic N) is 2. The third kappa shape index (κ3) is 6.95. The van der Waals surface area contributed by atoms with Gasteiger partial charge in [-0.25, -0.2) is 12.8 Å². The number of hydrogen-bond donors (Lipinski definition) is 1. The SMILES string of the molecule is CCNC(=O)[C@@H](C)N(Cc1ccc(F)cc1)C(=O)CN(c1cccc(C)c1)S(=O)(=O)c1ccc(C)cc1. The van der Waals surface area contributed by atoms with Crippen molar-refractivity contribution in [2.45, 2.75) is 45.2 Å².